The van der Waals surface area contributed by atoms with Gasteiger partial charge in [-0.3, -0.25) is 14.5 Å². The van der Waals surface area contributed by atoms with Crippen LogP contribution in [0.15, 0.2) is 48.5 Å². The second-order valence-corrected chi connectivity index (χ2v) is 7.39. The Balaban J connectivity index is 2.04. The van der Waals surface area contributed by atoms with Crippen molar-refractivity contribution in [3.63, 3.8) is 0 Å². The number of carboxylic acids is 1. The van der Waals surface area contributed by atoms with E-state index in [9.17, 15) is 29.1 Å². The van der Waals surface area contributed by atoms with Crippen LogP contribution in [0.5, 0.6) is 0 Å². The van der Waals surface area contributed by atoms with Crippen LogP contribution in [0.2, 0.25) is 0 Å². The van der Waals surface area contributed by atoms with E-state index >= 15 is 0 Å². The maximum Gasteiger partial charge on any atom is 0.352 e. The van der Waals surface area contributed by atoms with E-state index < -0.39 is 48.2 Å². The highest BCUT2D eigenvalue weighted by Gasteiger charge is 2.42. The third-order valence-corrected chi connectivity index (χ3v) is 4.98. The first-order chi connectivity index (χ1) is 16.1. The number of fused-ring (bicyclic) bond motifs is 2. The van der Waals surface area contributed by atoms with Gasteiger partial charge in [-0.1, -0.05) is 36.4 Å². The molecule has 2 aromatic carbocycles. The monoisotopic (exact) mass is 470 g/mol. The van der Waals surface area contributed by atoms with Crippen LogP contribution in [0.3, 0.4) is 0 Å². The van der Waals surface area contributed by atoms with Crippen molar-refractivity contribution >= 4 is 41.3 Å². The van der Waals surface area contributed by atoms with Gasteiger partial charge in [0, 0.05) is 25.8 Å². The lowest BCUT2D eigenvalue weighted by atomic mass is 10.0. The number of aliphatic carboxylic acids is 1. The van der Waals surface area contributed by atoms with Crippen molar-refractivity contribution in [2.45, 2.75) is 38.6 Å². The summed E-state index contributed by atoms with van der Waals surface area (Å²) in [5, 5.41) is 9.45. The fourth-order valence-corrected chi connectivity index (χ4v) is 3.69. The molecule has 1 aliphatic rings. The molecule has 2 aromatic rings. The van der Waals surface area contributed by atoms with Crippen molar-refractivity contribution in [3.05, 3.63) is 59.7 Å². The van der Waals surface area contributed by atoms with E-state index in [4.69, 9.17) is 19.9 Å². The number of hydrogen-bond acceptors (Lipinski definition) is 8. The molecule has 0 aliphatic carbocycles. The number of benzene rings is 2. The number of esters is 3. The molecular formula is C23H22N2O9. The molecule has 0 unspecified atom stereocenters. The van der Waals surface area contributed by atoms with Gasteiger partial charge in [0.25, 0.3) is 0 Å². The molecule has 0 bridgehead atoms. The van der Waals surface area contributed by atoms with Gasteiger partial charge in [-0.2, -0.15) is 0 Å². The Bertz CT molecular complexity index is 1150. The molecule has 0 aromatic heterocycles. The fraction of sp³-hybridized carbons (Fsp3) is 0.261. The molecule has 3 rings (SSSR count). The Labute approximate surface area is 194 Å². The largest absolute Gasteiger partial charge is 0.478 e. The summed E-state index contributed by atoms with van der Waals surface area (Å²) in [4.78, 5) is 61.3. The molecule has 1 aliphatic heterocycles. The highest BCUT2D eigenvalue weighted by molar-refractivity contribution is 6.00. The molecule has 34 heavy (non-hydrogen) atoms. The topological polar surface area (TPSA) is 163 Å². The van der Waals surface area contributed by atoms with E-state index in [-0.39, 0.29) is 6.42 Å². The van der Waals surface area contributed by atoms with Crippen LogP contribution in [-0.2, 0) is 39.8 Å². The Morgan fingerprint density at radius 3 is 2.06 bits per heavy atom. The minimum Gasteiger partial charge on any atom is -0.478 e. The molecular weight excluding hydrogens is 448 g/mol. The summed E-state index contributed by atoms with van der Waals surface area (Å²) in [5.41, 5.74) is 7.52. The second-order valence-electron chi connectivity index (χ2n) is 7.39. The lowest BCUT2D eigenvalue weighted by molar-refractivity contribution is -0.190. The average Bonchev–Trinajstić information content (AvgIpc) is 2.90. The number of carbonyl (C=O) groups is 5. The maximum atomic E-state index is 13.1. The van der Waals surface area contributed by atoms with Gasteiger partial charge in [0.05, 0.1) is 11.4 Å². The first kappa shape index (κ1) is 24.2. The summed E-state index contributed by atoms with van der Waals surface area (Å²) in [5.74, 6) is -4.92. The summed E-state index contributed by atoms with van der Waals surface area (Å²) >= 11 is 0. The van der Waals surface area contributed by atoms with Crippen LogP contribution in [0, 0.1) is 0 Å². The molecule has 0 saturated carbocycles. The molecule has 1 heterocycles. The number of nitrogens with zero attached hydrogens (tertiary/aromatic N) is 1. The molecule has 3 atom stereocenters. The van der Waals surface area contributed by atoms with Gasteiger partial charge < -0.3 is 25.1 Å². The molecule has 0 saturated heterocycles. The van der Waals surface area contributed by atoms with E-state index in [1.165, 1.54) is 4.90 Å². The lowest BCUT2D eigenvalue weighted by Gasteiger charge is -2.25. The van der Waals surface area contributed by atoms with Crippen molar-refractivity contribution in [3.8, 4) is 0 Å². The number of ether oxygens (including phenoxy) is 3. The average molecular weight is 470 g/mol. The van der Waals surface area contributed by atoms with Gasteiger partial charge in [-0.25, -0.2) is 14.4 Å². The zero-order chi connectivity index (χ0) is 25.0. The van der Waals surface area contributed by atoms with Gasteiger partial charge >= 0.3 is 29.9 Å². The molecule has 2 amide bonds. The molecule has 178 valence electrons. The van der Waals surface area contributed by atoms with Crippen molar-refractivity contribution in [2.75, 3.05) is 4.90 Å². The zero-order valence-corrected chi connectivity index (χ0v) is 18.3. The predicted octanol–water partition coefficient (Wildman–Crippen LogP) is 1.99. The van der Waals surface area contributed by atoms with Crippen molar-refractivity contribution in [2.24, 2.45) is 5.73 Å². The van der Waals surface area contributed by atoms with Crippen LogP contribution in [0.4, 0.5) is 16.2 Å². The summed E-state index contributed by atoms with van der Waals surface area (Å²) in [6.07, 6.45) is -5.10. The maximum absolute atomic E-state index is 13.1. The number of hydrogen-bond donors (Lipinski definition) is 2. The van der Waals surface area contributed by atoms with E-state index in [0.717, 1.165) is 13.8 Å². The standard InChI is InChI=1S/C23H22N2O9/c1-12(26)32-19(21(28)29)20(33-13(2)27)22(30)34-18-11-14-7-3-5-9-16(14)25(23(24)31)17-10-6-4-8-15(17)18/h3-10,18-20H,11H2,1-2H3,(H2,24,31)(H,28,29)/t18-,19+,20+/m0/s1. The van der Waals surface area contributed by atoms with E-state index in [0.29, 0.717) is 22.5 Å². The number of nitrogens with two attached hydrogens (primary N) is 1. The first-order valence-corrected chi connectivity index (χ1v) is 10.1. The summed E-state index contributed by atoms with van der Waals surface area (Å²) in [6, 6.07) is 12.7. The van der Waals surface area contributed by atoms with Crippen molar-refractivity contribution in [1.29, 1.82) is 0 Å². The van der Waals surface area contributed by atoms with Crippen molar-refractivity contribution in [1.82, 2.24) is 0 Å². The molecule has 3 N–H and O–H groups in total. The fourth-order valence-electron chi connectivity index (χ4n) is 3.69. The van der Waals surface area contributed by atoms with Crippen LogP contribution in [0.1, 0.15) is 31.1 Å². The summed E-state index contributed by atoms with van der Waals surface area (Å²) in [6.45, 7) is 1.91. The van der Waals surface area contributed by atoms with Gasteiger partial charge in [-0.15, -0.1) is 0 Å². The SMILES string of the molecule is CC(=O)O[C@@H](C(=O)O)[C@@H](OC(C)=O)C(=O)O[C@H]1Cc2ccccc2N(C(N)=O)c2ccccc21. The van der Waals surface area contributed by atoms with Gasteiger partial charge in [-0.05, 0) is 17.7 Å². The minimum absolute atomic E-state index is 0.0980. The Morgan fingerprint density at radius 1 is 0.912 bits per heavy atom. The number of carboxylic acid groups (broad SMARTS) is 1. The Morgan fingerprint density at radius 2 is 1.47 bits per heavy atom. The van der Waals surface area contributed by atoms with Crippen LogP contribution in [-0.4, -0.2) is 47.2 Å². The van der Waals surface area contributed by atoms with Gasteiger partial charge in [0.2, 0.25) is 12.2 Å². The predicted molar refractivity (Wildman–Crippen MR) is 116 cm³/mol. The minimum atomic E-state index is -2.12. The van der Waals surface area contributed by atoms with Crippen LogP contribution < -0.4 is 10.6 Å². The molecule has 11 nitrogen and oxygen atoms in total. The van der Waals surface area contributed by atoms with Crippen LogP contribution in [0.25, 0.3) is 0 Å². The van der Waals surface area contributed by atoms with Crippen LogP contribution >= 0.6 is 0 Å². The normalized spacial score (nSPS) is 16.1. The van der Waals surface area contributed by atoms with Gasteiger partial charge in [0.15, 0.2) is 0 Å². The number of primary amides is 1. The molecule has 11 heteroatoms. The number of urea groups is 1. The number of rotatable bonds is 6. The van der Waals surface area contributed by atoms with Gasteiger partial charge in [0.1, 0.15) is 6.10 Å². The number of amides is 2. The quantitative estimate of drug-likeness (QED) is 0.475. The zero-order valence-electron chi connectivity index (χ0n) is 18.3. The van der Waals surface area contributed by atoms with E-state index in [2.05, 4.69) is 0 Å². The molecule has 0 fully saturated rings. The Hall–Kier alpha value is -4.41. The highest BCUT2D eigenvalue weighted by atomic mass is 16.6. The number of carbonyl (C=O) groups excluding carboxylic acids is 4. The van der Waals surface area contributed by atoms with E-state index in [1.54, 1.807) is 48.5 Å². The van der Waals surface area contributed by atoms with E-state index in [1.807, 2.05) is 0 Å². The number of para-hydroxylation sites is 2. The third kappa shape index (κ3) is 5.14. The third-order valence-electron chi connectivity index (χ3n) is 4.98. The molecule has 0 radical (unpaired) electrons. The summed E-state index contributed by atoms with van der Waals surface area (Å²) < 4.78 is 15.2. The summed E-state index contributed by atoms with van der Waals surface area (Å²) in [7, 11) is 0. The second kappa shape index (κ2) is 10.0. The Kier molecular flexibility index (Phi) is 7.15. The smallest absolute Gasteiger partial charge is 0.352 e. The highest BCUT2D eigenvalue weighted by Crippen LogP contribution is 2.41. The van der Waals surface area contributed by atoms with Crippen molar-refractivity contribution < 1.29 is 43.3 Å². The molecule has 0 spiro atoms. The number of anilines is 2. The first-order valence-electron chi connectivity index (χ1n) is 10.1. The lowest BCUT2D eigenvalue weighted by Crippen LogP contribution is -2.46.